The normalized spacial score (nSPS) is 10.4. The van der Waals surface area contributed by atoms with Crippen LogP contribution in [0.2, 0.25) is 0 Å². The molecule has 6 heteroatoms. The van der Waals surface area contributed by atoms with Gasteiger partial charge in [-0.1, -0.05) is 24.3 Å². The Morgan fingerprint density at radius 1 is 1.08 bits per heavy atom. The number of aliphatic hydroxyl groups is 1. The number of hydrogen-bond donors (Lipinski definition) is 3. The summed E-state index contributed by atoms with van der Waals surface area (Å²) in [6.07, 6.45) is 3.79. The molecule has 0 aliphatic carbocycles. The van der Waals surface area contributed by atoms with Crippen molar-refractivity contribution in [3.8, 4) is 5.69 Å². The molecular formula is C18H18N4O2. The Morgan fingerprint density at radius 2 is 1.88 bits per heavy atom. The van der Waals surface area contributed by atoms with E-state index in [0.717, 1.165) is 16.9 Å². The first-order valence-corrected chi connectivity index (χ1v) is 7.58. The number of amides is 1. The Kier molecular flexibility index (Phi) is 4.88. The third-order valence-corrected chi connectivity index (χ3v) is 3.44. The fourth-order valence-corrected chi connectivity index (χ4v) is 2.28. The summed E-state index contributed by atoms with van der Waals surface area (Å²) < 4.78 is 1.83. The molecule has 24 heavy (non-hydrogen) atoms. The van der Waals surface area contributed by atoms with Gasteiger partial charge in [-0.2, -0.15) is 5.10 Å². The molecule has 0 bridgehead atoms. The number of anilines is 2. The van der Waals surface area contributed by atoms with Gasteiger partial charge in [0, 0.05) is 29.7 Å². The van der Waals surface area contributed by atoms with Crippen molar-refractivity contribution in [2.24, 2.45) is 0 Å². The van der Waals surface area contributed by atoms with Crippen molar-refractivity contribution in [2.75, 3.05) is 17.2 Å². The smallest absolute Gasteiger partial charge is 0.250 e. The number of nitrogens with zero attached hydrogens (tertiary/aromatic N) is 2. The maximum atomic E-state index is 11.2. The minimum atomic E-state index is -0.531. The van der Waals surface area contributed by atoms with E-state index < -0.39 is 12.5 Å². The molecule has 0 unspecified atom stereocenters. The summed E-state index contributed by atoms with van der Waals surface area (Å²) in [6, 6.07) is 17.2. The molecule has 3 aromatic rings. The molecule has 1 aromatic heterocycles. The fourth-order valence-electron chi connectivity index (χ4n) is 2.28. The van der Waals surface area contributed by atoms with Gasteiger partial charge in [-0.05, 0) is 30.3 Å². The van der Waals surface area contributed by atoms with Gasteiger partial charge >= 0.3 is 0 Å². The molecule has 2 aromatic carbocycles. The number of rotatable bonds is 6. The van der Waals surface area contributed by atoms with E-state index in [0.29, 0.717) is 12.2 Å². The van der Waals surface area contributed by atoms with E-state index in [1.54, 1.807) is 6.07 Å². The lowest BCUT2D eigenvalue weighted by Crippen LogP contribution is -2.15. The lowest BCUT2D eigenvalue weighted by atomic mass is 10.2. The van der Waals surface area contributed by atoms with Gasteiger partial charge < -0.3 is 15.7 Å². The highest BCUT2D eigenvalue weighted by Gasteiger charge is 2.03. The standard InChI is InChI=1S/C18H18N4O2/c23-13-18(24)21-16-6-4-5-15(9-16)19-10-14-11-20-22(12-14)17-7-2-1-3-8-17/h1-9,11-12,19,23H,10,13H2,(H,21,24). The zero-order valence-corrected chi connectivity index (χ0v) is 13.0. The molecular weight excluding hydrogens is 304 g/mol. The number of hydrogen-bond acceptors (Lipinski definition) is 4. The van der Waals surface area contributed by atoms with E-state index in [1.807, 2.05) is 65.6 Å². The van der Waals surface area contributed by atoms with Crippen LogP contribution in [0.1, 0.15) is 5.56 Å². The predicted molar refractivity (Wildman–Crippen MR) is 93.0 cm³/mol. The first kappa shape index (κ1) is 15.8. The third kappa shape index (κ3) is 3.99. The number of carbonyl (C=O) groups excluding carboxylic acids is 1. The SMILES string of the molecule is O=C(CO)Nc1cccc(NCc2cnn(-c3ccccc3)c2)c1. The average molecular weight is 322 g/mol. The zero-order valence-electron chi connectivity index (χ0n) is 13.0. The topological polar surface area (TPSA) is 79.2 Å². The van der Waals surface area contributed by atoms with Crippen LogP contribution < -0.4 is 10.6 Å². The second-order valence-corrected chi connectivity index (χ2v) is 5.27. The van der Waals surface area contributed by atoms with E-state index in [1.165, 1.54) is 0 Å². The monoisotopic (exact) mass is 322 g/mol. The molecule has 0 aliphatic rings. The summed E-state index contributed by atoms with van der Waals surface area (Å²) in [6.45, 7) is 0.0839. The van der Waals surface area contributed by atoms with Crippen LogP contribution in [0, 0.1) is 0 Å². The van der Waals surface area contributed by atoms with Crippen LogP contribution in [0.4, 0.5) is 11.4 Å². The lowest BCUT2D eigenvalue weighted by molar-refractivity contribution is -0.118. The molecule has 0 saturated heterocycles. The van der Waals surface area contributed by atoms with Crippen LogP contribution in [-0.2, 0) is 11.3 Å². The minimum absolute atomic E-state index is 0.434. The number of carbonyl (C=O) groups is 1. The molecule has 1 amide bonds. The van der Waals surface area contributed by atoms with Crippen LogP contribution in [-0.4, -0.2) is 27.4 Å². The van der Waals surface area contributed by atoms with Gasteiger partial charge in [-0.25, -0.2) is 4.68 Å². The molecule has 0 saturated carbocycles. The zero-order chi connectivity index (χ0) is 16.8. The van der Waals surface area contributed by atoms with Crippen LogP contribution in [0.5, 0.6) is 0 Å². The molecule has 0 fully saturated rings. The predicted octanol–water partition coefficient (Wildman–Crippen LogP) is 2.42. The third-order valence-electron chi connectivity index (χ3n) is 3.44. The molecule has 0 aliphatic heterocycles. The quantitative estimate of drug-likeness (QED) is 0.651. The number of para-hydroxylation sites is 1. The second kappa shape index (κ2) is 7.43. The summed E-state index contributed by atoms with van der Waals surface area (Å²) in [5.41, 5.74) is 3.57. The van der Waals surface area contributed by atoms with Crippen molar-refractivity contribution in [1.29, 1.82) is 0 Å². The molecule has 3 rings (SSSR count). The van der Waals surface area contributed by atoms with E-state index in [4.69, 9.17) is 5.11 Å². The van der Waals surface area contributed by atoms with Crippen LogP contribution in [0.3, 0.4) is 0 Å². The molecule has 0 radical (unpaired) electrons. The summed E-state index contributed by atoms with van der Waals surface area (Å²) in [7, 11) is 0. The maximum Gasteiger partial charge on any atom is 0.250 e. The molecule has 0 spiro atoms. The van der Waals surface area contributed by atoms with Gasteiger partial charge in [0.25, 0.3) is 0 Å². The molecule has 0 atom stereocenters. The van der Waals surface area contributed by atoms with Crippen molar-refractivity contribution in [3.63, 3.8) is 0 Å². The second-order valence-electron chi connectivity index (χ2n) is 5.27. The molecule has 6 nitrogen and oxygen atoms in total. The summed E-state index contributed by atoms with van der Waals surface area (Å²) in [4.78, 5) is 11.2. The van der Waals surface area contributed by atoms with Crippen LogP contribution in [0.25, 0.3) is 5.69 Å². The number of benzene rings is 2. The van der Waals surface area contributed by atoms with Crippen molar-refractivity contribution in [2.45, 2.75) is 6.54 Å². The Bertz CT molecular complexity index is 815. The highest BCUT2D eigenvalue weighted by Crippen LogP contribution is 2.16. The van der Waals surface area contributed by atoms with Gasteiger partial charge in [0.15, 0.2) is 0 Å². The van der Waals surface area contributed by atoms with Crippen molar-refractivity contribution < 1.29 is 9.90 Å². The van der Waals surface area contributed by atoms with Crippen molar-refractivity contribution in [3.05, 3.63) is 72.6 Å². The Balaban J connectivity index is 1.63. The van der Waals surface area contributed by atoms with Gasteiger partial charge in [0.1, 0.15) is 6.61 Å². The van der Waals surface area contributed by atoms with Crippen LogP contribution >= 0.6 is 0 Å². The van der Waals surface area contributed by atoms with Gasteiger partial charge in [-0.15, -0.1) is 0 Å². The largest absolute Gasteiger partial charge is 0.387 e. The molecule has 3 N–H and O–H groups in total. The summed E-state index contributed by atoms with van der Waals surface area (Å²) >= 11 is 0. The first-order valence-electron chi connectivity index (χ1n) is 7.58. The maximum absolute atomic E-state index is 11.2. The Labute approximate surface area is 139 Å². The van der Waals surface area contributed by atoms with Crippen molar-refractivity contribution >= 4 is 17.3 Å². The Morgan fingerprint density at radius 3 is 2.67 bits per heavy atom. The van der Waals surface area contributed by atoms with E-state index in [-0.39, 0.29) is 0 Å². The van der Waals surface area contributed by atoms with Gasteiger partial charge in [0.2, 0.25) is 5.91 Å². The minimum Gasteiger partial charge on any atom is -0.387 e. The Hall–Kier alpha value is -3.12. The van der Waals surface area contributed by atoms with E-state index in [2.05, 4.69) is 15.7 Å². The summed E-state index contributed by atoms with van der Waals surface area (Å²) in [5, 5.41) is 19.0. The highest BCUT2D eigenvalue weighted by atomic mass is 16.3. The van der Waals surface area contributed by atoms with E-state index >= 15 is 0 Å². The highest BCUT2D eigenvalue weighted by molar-refractivity contribution is 5.91. The number of aliphatic hydroxyl groups excluding tert-OH is 1. The average Bonchev–Trinajstić information content (AvgIpc) is 3.10. The van der Waals surface area contributed by atoms with E-state index in [9.17, 15) is 4.79 Å². The van der Waals surface area contributed by atoms with Crippen molar-refractivity contribution in [1.82, 2.24) is 9.78 Å². The number of aromatic nitrogens is 2. The van der Waals surface area contributed by atoms with Gasteiger partial charge in [0.05, 0.1) is 11.9 Å². The fraction of sp³-hybridized carbons (Fsp3) is 0.111. The lowest BCUT2D eigenvalue weighted by Gasteiger charge is -2.08. The summed E-state index contributed by atoms with van der Waals surface area (Å²) in [5.74, 6) is -0.434. The van der Waals surface area contributed by atoms with Gasteiger partial charge in [-0.3, -0.25) is 4.79 Å². The number of nitrogens with one attached hydrogen (secondary N) is 2. The first-order chi connectivity index (χ1) is 11.7. The van der Waals surface area contributed by atoms with Crippen LogP contribution in [0.15, 0.2) is 67.0 Å². The molecule has 1 heterocycles. The molecule has 122 valence electrons.